The molecule has 16 heavy (non-hydrogen) atoms. The van der Waals surface area contributed by atoms with Crippen LogP contribution in [0.4, 0.5) is 5.82 Å². The predicted molar refractivity (Wildman–Crippen MR) is 64.3 cm³/mol. The molecule has 0 fully saturated rings. The Labute approximate surface area is 94.6 Å². The zero-order valence-electron chi connectivity index (χ0n) is 9.22. The molecule has 4 nitrogen and oxygen atoms in total. The number of aliphatic hydroxyl groups excluding tert-OH is 1. The Hall–Kier alpha value is -1.81. The van der Waals surface area contributed by atoms with Crippen LogP contribution in [0.25, 0.3) is 11.4 Å². The van der Waals surface area contributed by atoms with Crippen molar-refractivity contribution in [1.29, 1.82) is 0 Å². The zero-order chi connectivity index (χ0) is 11.4. The number of nitrogens with zero attached hydrogens (tertiary/aromatic N) is 2. The maximum atomic E-state index is 9.05. The van der Waals surface area contributed by atoms with Gasteiger partial charge in [0.2, 0.25) is 0 Å². The van der Waals surface area contributed by atoms with Gasteiger partial charge in [-0.05, 0) is 0 Å². The van der Waals surface area contributed by atoms with E-state index in [2.05, 4.69) is 10.3 Å². The maximum absolute atomic E-state index is 9.05. The van der Waals surface area contributed by atoms with Crippen LogP contribution in [-0.4, -0.2) is 28.3 Å². The van der Waals surface area contributed by atoms with Crippen LogP contribution < -0.4 is 5.32 Å². The Bertz CT molecular complexity index is 451. The fourth-order valence-corrected chi connectivity index (χ4v) is 1.72. The third-order valence-corrected chi connectivity index (χ3v) is 2.47. The highest BCUT2D eigenvalue weighted by Crippen LogP contribution is 2.21. The molecule has 0 saturated carbocycles. The molecule has 0 amide bonds. The fourth-order valence-electron chi connectivity index (χ4n) is 1.72. The van der Waals surface area contributed by atoms with E-state index in [1.165, 1.54) is 0 Å². The average molecular weight is 217 g/mol. The molecule has 0 aliphatic carbocycles. The normalized spacial score (nSPS) is 10.4. The third-order valence-electron chi connectivity index (χ3n) is 2.47. The predicted octanol–water partition coefficient (Wildman–Crippen LogP) is 1.58. The minimum Gasteiger partial charge on any atom is -0.395 e. The number of rotatable bonds is 4. The van der Waals surface area contributed by atoms with Gasteiger partial charge in [-0.2, -0.15) is 0 Å². The first-order chi connectivity index (χ1) is 7.86. The van der Waals surface area contributed by atoms with Crippen molar-refractivity contribution in [1.82, 2.24) is 9.55 Å². The van der Waals surface area contributed by atoms with Crippen LogP contribution in [0.1, 0.15) is 0 Å². The molecular weight excluding hydrogens is 202 g/mol. The lowest BCUT2D eigenvalue weighted by Crippen LogP contribution is -2.07. The second-order valence-corrected chi connectivity index (χ2v) is 3.46. The molecule has 0 unspecified atom stereocenters. The number of hydrogen-bond donors (Lipinski definition) is 2. The van der Waals surface area contributed by atoms with Gasteiger partial charge >= 0.3 is 0 Å². The topological polar surface area (TPSA) is 50.1 Å². The van der Waals surface area contributed by atoms with Gasteiger partial charge in [0.05, 0.1) is 12.8 Å². The molecule has 2 rings (SSSR count). The van der Waals surface area contributed by atoms with Crippen molar-refractivity contribution in [3.05, 3.63) is 36.5 Å². The number of hydrogen-bond acceptors (Lipinski definition) is 3. The van der Waals surface area contributed by atoms with Gasteiger partial charge in [0, 0.05) is 19.2 Å². The minimum atomic E-state index is 0.102. The third kappa shape index (κ3) is 1.92. The standard InChI is InChI=1S/C12H15N3O/c1-13-11-9-14-12(15(11)7-8-16)10-5-3-2-4-6-10/h2-6,9,13,16H,7-8H2,1H3. The fraction of sp³-hybridized carbons (Fsp3) is 0.250. The molecule has 84 valence electrons. The molecule has 0 radical (unpaired) electrons. The minimum absolute atomic E-state index is 0.102. The van der Waals surface area contributed by atoms with E-state index in [-0.39, 0.29) is 6.61 Å². The number of aromatic nitrogens is 2. The van der Waals surface area contributed by atoms with E-state index in [1.807, 2.05) is 41.9 Å². The van der Waals surface area contributed by atoms with Gasteiger partial charge in [0.25, 0.3) is 0 Å². The summed E-state index contributed by atoms with van der Waals surface area (Å²) in [5, 5.41) is 12.1. The summed E-state index contributed by atoms with van der Waals surface area (Å²) < 4.78 is 1.97. The summed E-state index contributed by atoms with van der Waals surface area (Å²) >= 11 is 0. The molecule has 0 bridgehead atoms. The van der Waals surface area contributed by atoms with Crippen LogP contribution in [0.5, 0.6) is 0 Å². The van der Waals surface area contributed by atoms with Crippen molar-refractivity contribution in [3.8, 4) is 11.4 Å². The van der Waals surface area contributed by atoms with E-state index in [0.717, 1.165) is 17.2 Å². The lowest BCUT2D eigenvalue weighted by Gasteiger charge is -2.09. The van der Waals surface area contributed by atoms with Gasteiger partial charge < -0.3 is 15.0 Å². The molecule has 1 heterocycles. The SMILES string of the molecule is CNc1cnc(-c2ccccc2)n1CCO. The highest BCUT2D eigenvalue weighted by Gasteiger charge is 2.09. The highest BCUT2D eigenvalue weighted by atomic mass is 16.3. The molecule has 0 spiro atoms. The smallest absolute Gasteiger partial charge is 0.141 e. The lowest BCUT2D eigenvalue weighted by atomic mass is 10.2. The number of nitrogens with one attached hydrogen (secondary N) is 1. The number of anilines is 1. The van der Waals surface area contributed by atoms with Gasteiger partial charge in [-0.3, -0.25) is 0 Å². The van der Waals surface area contributed by atoms with Crippen molar-refractivity contribution in [2.45, 2.75) is 6.54 Å². The van der Waals surface area contributed by atoms with Gasteiger partial charge in [-0.25, -0.2) is 4.98 Å². The van der Waals surface area contributed by atoms with E-state index >= 15 is 0 Å². The van der Waals surface area contributed by atoms with Crippen molar-refractivity contribution < 1.29 is 5.11 Å². The van der Waals surface area contributed by atoms with Gasteiger partial charge in [-0.1, -0.05) is 30.3 Å². The highest BCUT2D eigenvalue weighted by molar-refractivity contribution is 5.59. The van der Waals surface area contributed by atoms with Crippen LogP contribution in [0.15, 0.2) is 36.5 Å². The zero-order valence-corrected chi connectivity index (χ0v) is 9.22. The van der Waals surface area contributed by atoms with Crippen LogP contribution >= 0.6 is 0 Å². The molecule has 0 aliphatic rings. The summed E-state index contributed by atoms with van der Waals surface area (Å²) in [6.07, 6.45) is 1.78. The van der Waals surface area contributed by atoms with E-state index in [1.54, 1.807) is 6.20 Å². The molecule has 2 N–H and O–H groups in total. The van der Waals surface area contributed by atoms with Crippen molar-refractivity contribution >= 4 is 5.82 Å². The van der Waals surface area contributed by atoms with Crippen LogP contribution in [0.2, 0.25) is 0 Å². The quantitative estimate of drug-likeness (QED) is 0.817. The monoisotopic (exact) mass is 217 g/mol. The average Bonchev–Trinajstić information content (AvgIpc) is 2.74. The second kappa shape index (κ2) is 4.81. The van der Waals surface area contributed by atoms with E-state index < -0.39 is 0 Å². The molecule has 2 aromatic rings. The van der Waals surface area contributed by atoms with E-state index in [0.29, 0.717) is 6.54 Å². The summed E-state index contributed by atoms with van der Waals surface area (Å²) in [5.74, 6) is 1.78. The van der Waals surface area contributed by atoms with Crippen molar-refractivity contribution in [2.75, 3.05) is 19.0 Å². The van der Waals surface area contributed by atoms with E-state index in [9.17, 15) is 0 Å². The molecule has 0 atom stereocenters. The molecule has 0 aliphatic heterocycles. The largest absolute Gasteiger partial charge is 0.395 e. The van der Waals surface area contributed by atoms with Crippen LogP contribution in [0, 0.1) is 0 Å². The van der Waals surface area contributed by atoms with Crippen LogP contribution in [0.3, 0.4) is 0 Å². The Morgan fingerprint density at radius 1 is 1.31 bits per heavy atom. The summed E-state index contributed by atoms with van der Waals surface area (Å²) in [7, 11) is 1.85. The van der Waals surface area contributed by atoms with Gasteiger partial charge in [-0.15, -0.1) is 0 Å². The molecule has 1 aromatic carbocycles. The van der Waals surface area contributed by atoms with Crippen molar-refractivity contribution in [3.63, 3.8) is 0 Å². The first-order valence-corrected chi connectivity index (χ1v) is 5.26. The summed E-state index contributed by atoms with van der Waals surface area (Å²) in [5.41, 5.74) is 1.05. The molecule has 0 saturated heterocycles. The number of benzene rings is 1. The summed E-state index contributed by atoms with van der Waals surface area (Å²) in [6, 6.07) is 9.95. The first kappa shape index (κ1) is 10.7. The molecule has 4 heteroatoms. The number of imidazole rings is 1. The Morgan fingerprint density at radius 3 is 2.69 bits per heavy atom. The molecular formula is C12H15N3O. The van der Waals surface area contributed by atoms with Crippen molar-refractivity contribution in [2.24, 2.45) is 0 Å². The Morgan fingerprint density at radius 2 is 2.06 bits per heavy atom. The lowest BCUT2D eigenvalue weighted by molar-refractivity contribution is 0.277. The van der Waals surface area contributed by atoms with Gasteiger partial charge in [0.1, 0.15) is 11.6 Å². The maximum Gasteiger partial charge on any atom is 0.141 e. The number of aliphatic hydroxyl groups is 1. The van der Waals surface area contributed by atoms with E-state index in [4.69, 9.17) is 5.11 Å². The van der Waals surface area contributed by atoms with Gasteiger partial charge in [0.15, 0.2) is 0 Å². The molecule has 1 aromatic heterocycles. The second-order valence-electron chi connectivity index (χ2n) is 3.46. The Kier molecular flexibility index (Phi) is 3.22. The summed E-state index contributed by atoms with van der Waals surface area (Å²) in [4.78, 5) is 4.37. The first-order valence-electron chi connectivity index (χ1n) is 5.26. The van der Waals surface area contributed by atoms with Crippen LogP contribution in [-0.2, 0) is 6.54 Å². The summed E-state index contributed by atoms with van der Waals surface area (Å²) in [6.45, 7) is 0.644. The Balaban J connectivity index is 2.44.